The summed E-state index contributed by atoms with van der Waals surface area (Å²) in [5, 5.41) is 2.69. The number of primary amides is 1. The standard InChI is InChI=1S/C9H16N2O2S/c1-14-5-4-7(8(10)12)11-9(13)6-2-3-6/h6-7H,2-5H2,1H3,(H2,10,12)(H,11,13). The van der Waals surface area contributed by atoms with Crippen molar-refractivity contribution in [2.75, 3.05) is 12.0 Å². The Morgan fingerprint density at radius 1 is 1.57 bits per heavy atom. The van der Waals surface area contributed by atoms with E-state index in [2.05, 4.69) is 5.32 Å². The Bertz CT molecular complexity index is 229. The Balaban J connectivity index is 2.33. The minimum absolute atomic E-state index is 0.0186. The van der Waals surface area contributed by atoms with E-state index in [1.807, 2.05) is 6.26 Å². The molecule has 0 radical (unpaired) electrons. The molecule has 4 nitrogen and oxygen atoms in total. The smallest absolute Gasteiger partial charge is 0.240 e. The average Bonchev–Trinajstić information content (AvgIpc) is 2.94. The monoisotopic (exact) mass is 216 g/mol. The second kappa shape index (κ2) is 5.24. The van der Waals surface area contributed by atoms with E-state index in [0.29, 0.717) is 6.42 Å². The van der Waals surface area contributed by atoms with Gasteiger partial charge in [0, 0.05) is 5.92 Å². The maximum atomic E-state index is 11.4. The van der Waals surface area contributed by atoms with E-state index in [9.17, 15) is 9.59 Å². The van der Waals surface area contributed by atoms with Gasteiger partial charge in [0.15, 0.2) is 0 Å². The molecule has 1 fully saturated rings. The molecule has 1 atom stereocenters. The molecule has 1 aliphatic rings. The lowest BCUT2D eigenvalue weighted by molar-refractivity contribution is -0.128. The van der Waals surface area contributed by atoms with Gasteiger partial charge in [-0.2, -0.15) is 11.8 Å². The third kappa shape index (κ3) is 3.57. The Morgan fingerprint density at radius 2 is 2.21 bits per heavy atom. The van der Waals surface area contributed by atoms with Crippen LogP contribution >= 0.6 is 11.8 Å². The van der Waals surface area contributed by atoms with E-state index in [1.54, 1.807) is 11.8 Å². The zero-order chi connectivity index (χ0) is 10.6. The van der Waals surface area contributed by atoms with E-state index in [-0.39, 0.29) is 11.8 Å². The maximum absolute atomic E-state index is 11.4. The number of carbonyl (C=O) groups excluding carboxylic acids is 2. The Labute approximate surface area is 88.0 Å². The first kappa shape index (κ1) is 11.4. The summed E-state index contributed by atoms with van der Waals surface area (Å²) < 4.78 is 0. The van der Waals surface area contributed by atoms with Crippen LogP contribution in [0.1, 0.15) is 19.3 Å². The second-order valence-corrected chi connectivity index (χ2v) is 4.50. The van der Waals surface area contributed by atoms with Gasteiger partial charge in [-0.15, -0.1) is 0 Å². The van der Waals surface area contributed by atoms with Crippen LogP contribution in [-0.4, -0.2) is 29.9 Å². The SMILES string of the molecule is CSCCC(NC(=O)C1CC1)C(N)=O. The van der Waals surface area contributed by atoms with Crippen molar-refractivity contribution >= 4 is 23.6 Å². The van der Waals surface area contributed by atoms with Crippen molar-refractivity contribution in [1.29, 1.82) is 0 Å². The van der Waals surface area contributed by atoms with Crippen molar-refractivity contribution < 1.29 is 9.59 Å². The van der Waals surface area contributed by atoms with Crippen LogP contribution < -0.4 is 11.1 Å². The molecule has 2 amide bonds. The fourth-order valence-electron chi connectivity index (χ4n) is 1.16. The van der Waals surface area contributed by atoms with Crippen LogP contribution in [-0.2, 0) is 9.59 Å². The average molecular weight is 216 g/mol. The van der Waals surface area contributed by atoms with E-state index in [4.69, 9.17) is 5.73 Å². The summed E-state index contributed by atoms with van der Waals surface area (Å²) >= 11 is 1.64. The fraction of sp³-hybridized carbons (Fsp3) is 0.778. The number of carbonyl (C=O) groups is 2. The zero-order valence-corrected chi connectivity index (χ0v) is 9.10. The molecule has 0 heterocycles. The number of rotatable bonds is 6. The van der Waals surface area contributed by atoms with Gasteiger partial charge in [0.2, 0.25) is 11.8 Å². The molecule has 1 saturated carbocycles. The molecule has 0 aromatic rings. The van der Waals surface area contributed by atoms with E-state index in [1.165, 1.54) is 0 Å². The highest BCUT2D eigenvalue weighted by Crippen LogP contribution is 2.28. The van der Waals surface area contributed by atoms with Crippen LogP contribution in [0, 0.1) is 5.92 Å². The van der Waals surface area contributed by atoms with Crippen LogP contribution in [0.2, 0.25) is 0 Å². The lowest BCUT2D eigenvalue weighted by Gasteiger charge is -2.14. The largest absolute Gasteiger partial charge is 0.368 e. The van der Waals surface area contributed by atoms with Crippen LogP contribution in [0.15, 0.2) is 0 Å². The summed E-state index contributed by atoms with van der Waals surface area (Å²) in [7, 11) is 0. The lowest BCUT2D eigenvalue weighted by atomic mass is 10.2. The van der Waals surface area contributed by atoms with Crippen LogP contribution in [0.5, 0.6) is 0 Å². The minimum atomic E-state index is -0.490. The molecule has 14 heavy (non-hydrogen) atoms. The predicted molar refractivity (Wildman–Crippen MR) is 56.8 cm³/mol. The third-order valence-electron chi connectivity index (χ3n) is 2.22. The van der Waals surface area contributed by atoms with Gasteiger partial charge in [-0.3, -0.25) is 9.59 Å². The van der Waals surface area contributed by atoms with E-state index >= 15 is 0 Å². The summed E-state index contributed by atoms with van der Waals surface area (Å²) in [6.07, 6.45) is 4.47. The van der Waals surface area contributed by atoms with Gasteiger partial charge in [0.05, 0.1) is 0 Å². The highest BCUT2D eigenvalue weighted by atomic mass is 32.2. The second-order valence-electron chi connectivity index (χ2n) is 3.52. The minimum Gasteiger partial charge on any atom is -0.368 e. The molecule has 0 aromatic carbocycles. The van der Waals surface area contributed by atoms with Gasteiger partial charge in [-0.1, -0.05) is 0 Å². The molecule has 0 bridgehead atoms. The number of thioether (sulfide) groups is 1. The van der Waals surface area contributed by atoms with E-state index < -0.39 is 11.9 Å². The normalized spacial score (nSPS) is 17.5. The molecular weight excluding hydrogens is 200 g/mol. The van der Waals surface area contributed by atoms with Gasteiger partial charge in [0.25, 0.3) is 0 Å². The summed E-state index contributed by atoms with van der Waals surface area (Å²) in [5.41, 5.74) is 5.18. The molecule has 0 spiro atoms. The van der Waals surface area contributed by atoms with Crippen LogP contribution in [0.4, 0.5) is 0 Å². The van der Waals surface area contributed by atoms with Crippen molar-refractivity contribution in [3.05, 3.63) is 0 Å². The Morgan fingerprint density at radius 3 is 2.64 bits per heavy atom. The number of nitrogens with one attached hydrogen (secondary N) is 1. The first-order valence-corrected chi connectivity index (χ1v) is 6.13. The summed E-state index contributed by atoms with van der Waals surface area (Å²) in [4.78, 5) is 22.3. The van der Waals surface area contributed by atoms with Gasteiger partial charge in [-0.25, -0.2) is 0 Å². The zero-order valence-electron chi connectivity index (χ0n) is 8.29. The molecular formula is C9H16N2O2S. The van der Waals surface area contributed by atoms with Crippen molar-refractivity contribution in [2.45, 2.75) is 25.3 Å². The predicted octanol–water partition coefficient (Wildman–Crippen LogP) is 0.120. The molecule has 1 aliphatic carbocycles. The molecule has 80 valence electrons. The number of amides is 2. The molecule has 0 aliphatic heterocycles. The first-order chi connectivity index (χ1) is 6.65. The van der Waals surface area contributed by atoms with Gasteiger partial charge in [-0.05, 0) is 31.3 Å². The lowest BCUT2D eigenvalue weighted by Crippen LogP contribution is -2.45. The Hall–Kier alpha value is -0.710. The fourth-order valence-corrected chi connectivity index (χ4v) is 1.63. The summed E-state index contributed by atoms with van der Waals surface area (Å²) in [5.74, 6) is 0.507. The molecule has 1 rings (SSSR count). The van der Waals surface area contributed by atoms with Crippen molar-refractivity contribution in [1.82, 2.24) is 5.32 Å². The summed E-state index contributed by atoms with van der Waals surface area (Å²) in [6.45, 7) is 0. The summed E-state index contributed by atoms with van der Waals surface area (Å²) in [6, 6.07) is -0.490. The van der Waals surface area contributed by atoms with Gasteiger partial charge in [0.1, 0.15) is 6.04 Å². The molecule has 0 saturated heterocycles. The number of hydrogen-bond acceptors (Lipinski definition) is 3. The maximum Gasteiger partial charge on any atom is 0.240 e. The van der Waals surface area contributed by atoms with Crippen LogP contribution in [0.3, 0.4) is 0 Å². The first-order valence-electron chi connectivity index (χ1n) is 4.73. The highest BCUT2D eigenvalue weighted by Gasteiger charge is 2.31. The molecule has 1 unspecified atom stereocenters. The quantitative estimate of drug-likeness (QED) is 0.662. The molecule has 3 N–H and O–H groups in total. The molecule has 5 heteroatoms. The topological polar surface area (TPSA) is 72.2 Å². The highest BCUT2D eigenvalue weighted by molar-refractivity contribution is 7.98. The third-order valence-corrected chi connectivity index (χ3v) is 2.86. The Kier molecular flexibility index (Phi) is 4.25. The van der Waals surface area contributed by atoms with Gasteiger partial charge >= 0.3 is 0 Å². The van der Waals surface area contributed by atoms with Crippen molar-refractivity contribution in [3.63, 3.8) is 0 Å². The van der Waals surface area contributed by atoms with Crippen molar-refractivity contribution in [3.8, 4) is 0 Å². The number of nitrogens with two attached hydrogens (primary N) is 1. The van der Waals surface area contributed by atoms with Crippen molar-refractivity contribution in [2.24, 2.45) is 11.7 Å². The molecule has 0 aromatic heterocycles. The van der Waals surface area contributed by atoms with Crippen LogP contribution in [0.25, 0.3) is 0 Å². The van der Waals surface area contributed by atoms with Gasteiger partial charge < -0.3 is 11.1 Å². The van der Waals surface area contributed by atoms with E-state index in [0.717, 1.165) is 18.6 Å². The number of hydrogen-bond donors (Lipinski definition) is 2.